The van der Waals surface area contributed by atoms with E-state index >= 15 is 0 Å². The third-order valence-corrected chi connectivity index (χ3v) is 6.09. The lowest BCUT2D eigenvalue weighted by Gasteiger charge is -2.30. The van der Waals surface area contributed by atoms with Crippen molar-refractivity contribution in [2.24, 2.45) is 5.92 Å². The highest BCUT2D eigenvalue weighted by Crippen LogP contribution is 2.33. The van der Waals surface area contributed by atoms with Gasteiger partial charge in [-0.25, -0.2) is 19.9 Å². The maximum Gasteiger partial charge on any atom is 0.228 e. The topological polar surface area (TPSA) is 75.1 Å². The van der Waals surface area contributed by atoms with Gasteiger partial charge in [0.25, 0.3) is 0 Å². The number of anilines is 2. The smallest absolute Gasteiger partial charge is 0.228 e. The largest absolute Gasteiger partial charge is 0.340 e. The molecule has 1 saturated heterocycles. The van der Waals surface area contributed by atoms with Gasteiger partial charge in [-0.3, -0.25) is 9.69 Å². The average Bonchev–Trinajstić information content (AvgIpc) is 3.16. The van der Waals surface area contributed by atoms with E-state index in [1.54, 1.807) is 0 Å². The molecule has 0 aromatic carbocycles. The molecule has 2 aliphatic rings. The third kappa shape index (κ3) is 4.16. The summed E-state index contributed by atoms with van der Waals surface area (Å²) in [6.45, 7) is 12.9. The van der Waals surface area contributed by atoms with E-state index < -0.39 is 0 Å². The summed E-state index contributed by atoms with van der Waals surface area (Å²) in [7, 11) is 0. The van der Waals surface area contributed by atoms with Gasteiger partial charge < -0.3 is 4.90 Å². The lowest BCUT2D eigenvalue weighted by atomic mass is 10.0. The zero-order valence-electron chi connectivity index (χ0n) is 18.8. The van der Waals surface area contributed by atoms with Gasteiger partial charge in [0.15, 0.2) is 0 Å². The number of aromatic nitrogens is 4. The molecule has 2 aromatic heterocycles. The number of amides is 1. The standard InChI is InChI=1S/C23H32N6O/c1-14(2)8-11-29-20(30)7-6-19-17(5)26-21(27-22(19)29)18-9-10-28(13-18)23-24-15(3)12-16(4)25-23/h12,14,18H,6-11,13H2,1-5H3/t18-/m1/s1. The Hall–Kier alpha value is -2.57. The molecule has 0 unspecified atom stereocenters. The van der Waals surface area contributed by atoms with Gasteiger partial charge in [0.1, 0.15) is 11.6 Å². The molecular formula is C23H32N6O. The second-order valence-corrected chi connectivity index (χ2v) is 9.08. The minimum Gasteiger partial charge on any atom is -0.340 e. The fraction of sp³-hybridized carbons (Fsp3) is 0.609. The second-order valence-electron chi connectivity index (χ2n) is 9.08. The summed E-state index contributed by atoms with van der Waals surface area (Å²) < 4.78 is 0. The van der Waals surface area contributed by atoms with Gasteiger partial charge >= 0.3 is 0 Å². The Bertz CT molecular complexity index is 937. The van der Waals surface area contributed by atoms with Crippen LogP contribution < -0.4 is 9.80 Å². The Balaban J connectivity index is 1.60. The van der Waals surface area contributed by atoms with Crippen molar-refractivity contribution in [2.45, 2.75) is 66.2 Å². The van der Waals surface area contributed by atoms with E-state index in [0.717, 1.165) is 79.1 Å². The number of nitrogens with zero attached hydrogens (tertiary/aromatic N) is 6. The first-order valence-corrected chi connectivity index (χ1v) is 11.1. The molecule has 0 spiro atoms. The van der Waals surface area contributed by atoms with Gasteiger partial charge in [0.2, 0.25) is 11.9 Å². The van der Waals surface area contributed by atoms with Crippen LogP contribution in [-0.4, -0.2) is 45.5 Å². The minimum absolute atomic E-state index is 0.184. The normalized spacial score (nSPS) is 19.0. The SMILES string of the molecule is Cc1cc(C)nc(N2CC[C@@H](c3nc(C)c4c(n3)N(CCC(C)C)C(=O)CC4)C2)n1. The Labute approximate surface area is 179 Å². The van der Waals surface area contributed by atoms with Crippen LogP contribution in [0.5, 0.6) is 0 Å². The van der Waals surface area contributed by atoms with Gasteiger partial charge in [-0.15, -0.1) is 0 Å². The Morgan fingerprint density at radius 2 is 1.80 bits per heavy atom. The van der Waals surface area contributed by atoms with E-state index in [2.05, 4.69) is 35.6 Å². The number of hydrogen-bond acceptors (Lipinski definition) is 6. The lowest BCUT2D eigenvalue weighted by molar-refractivity contribution is -0.119. The molecule has 2 aliphatic heterocycles. The number of carbonyl (C=O) groups excluding carboxylic acids is 1. The van der Waals surface area contributed by atoms with Crippen LogP contribution in [0, 0.1) is 26.7 Å². The van der Waals surface area contributed by atoms with Crippen molar-refractivity contribution in [3.63, 3.8) is 0 Å². The summed E-state index contributed by atoms with van der Waals surface area (Å²) in [4.78, 5) is 35.8. The Kier molecular flexibility index (Phi) is 5.71. The molecule has 1 amide bonds. The van der Waals surface area contributed by atoms with Crippen LogP contribution in [0.3, 0.4) is 0 Å². The van der Waals surface area contributed by atoms with E-state index in [9.17, 15) is 4.79 Å². The maximum absolute atomic E-state index is 12.7. The summed E-state index contributed by atoms with van der Waals surface area (Å²) in [5, 5.41) is 0. The quantitative estimate of drug-likeness (QED) is 0.754. The molecule has 160 valence electrons. The van der Waals surface area contributed by atoms with Crippen LogP contribution >= 0.6 is 0 Å². The number of aryl methyl sites for hydroxylation is 3. The van der Waals surface area contributed by atoms with Crippen LogP contribution in [0.2, 0.25) is 0 Å². The van der Waals surface area contributed by atoms with Gasteiger partial charge in [-0.1, -0.05) is 13.8 Å². The first-order chi connectivity index (χ1) is 14.3. The molecule has 1 atom stereocenters. The molecule has 7 nitrogen and oxygen atoms in total. The highest BCUT2D eigenvalue weighted by Gasteiger charge is 2.32. The second kappa shape index (κ2) is 8.28. The molecule has 30 heavy (non-hydrogen) atoms. The van der Waals surface area contributed by atoms with E-state index in [0.29, 0.717) is 12.3 Å². The predicted molar refractivity (Wildman–Crippen MR) is 118 cm³/mol. The first kappa shape index (κ1) is 20.7. The lowest BCUT2D eigenvalue weighted by Crippen LogP contribution is -2.38. The van der Waals surface area contributed by atoms with Gasteiger partial charge in [-0.05, 0) is 52.0 Å². The van der Waals surface area contributed by atoms with Crippen molar-refractivity contribution in [1.82, 2.24) is 19.9 Å². The highest BCUT2D eigenvalue weighted by molar-refractivity contribution is 5.95. The fourth-order valence-corrected chi connectivity index (χ4v) is 4.40. The van der Waals surface area contributed by atoms with Crippen molar-refractivity contribution >= 4 is 17.7 Å². The van der Waals surface area contributed by atoms with Crippen molar-refractivity contribution in [1.29, 1.82) is 0 Å². The molecule has 1 fully saturated rings. The highest BCUT2D eigenvalue weighted by atomic mass is 16.2. The summed E-state index contributed by atoms with van der Waals surface area (Å²) >= 11 is 0. The van der Waals surface area contributed by atoms with Crippen LogP contribution in [0.15, 0.2) is 6.07 Å². The molecular weight excluding hydrogens is 376 g/mol. The minimum atomic E-state index is 0.184. The number of fused-ring (bicyclic) bond motifs is 1. The maximum atomic E-state index is 12.7. The Morgan fingerprint density at radius 1 is 1.07 bits per heavy atom. The van der Waals surface area contributed by atoms with Crippen molar-refractivity contribution in [2.75, 3.05) is 29.4 Å². The summed E-state index contributed by atoms with van der Waals surface area (Å²) in [6.07, 6.45) is 3.24. The number of hydrogen-bond donors (Lipinski definition) is 0. The van der Waals surface area contributed by atoms with E-state index in [1.807, 2.05) is 24.8 Å². The first-order valence-electron chi connectivity index (χ1n) is 11.1. The average molecular weight is 409 g/mol. The molecule has 4 heterocycles. The molecule has 7 heteroatoms. The summed E-state index contributed by atoms with van der Waals surface area (Å²) in [5.41, 5.74) is 4.12. The molecule has 0 N–H and O–H groups in total. The fourth-order valence-electron chi connectivity index (χ4n) is 4.40. The Morgan fingerprint density at radius 3 is 2.50 bits per heavy atom. The monoisotopic (exact) mass is 408 g/mol. The molecule has 2 aromatic rings. The van der Waals surface area contributed by atoms with E-state index in [4.69, 9.17) is 9.97 Å². The molecule has 0 radical (unpaired) electrons. The predicted octanol–water partition coefficient (Wildman–Crippen LogP) is 3.51. The number of carbonyl (C=O) groups is 1. The van der Waals surface area contributed by atoms with E-state index in [1.165, 1.54) is 0 Å². The van der Waals surface area contributed by atoms with Gasteiger partial charge in [-0.2, -0.15) is 0 Å². The third-order valence-electron chi connectivity index (χ3n) is 6.09. The molecule has 0 saturated carbocycles. The zero-order valence-corrected chi connectivity index (χ0v) is 18.8. The van der Waals surface area contributed by atoms with Crippen LogP contribution in [-0.2, 0) is 11.2 Å². The summed E-state index contributed by atoms with van der Waals surface area (Å²) in [6, 6.07) is 2.00. The van der Waals surface area contributed by atoms with Gasteiger partial charge in [0.05, 0.1) is 0 Å². The number of rotatable bonds is 5. The molecule has 0 aliphatic carbocycles. The van der Waals surface area contributed by atoms with Crippen LogP contribution in [0.1, 0.15) is 67.5 Å². The molecule has 4 rings (SSSR count). The van der Waals surface area contributed by atoms with Crippen LogP contribution in [0.25, 0.3) is 0 Å². The van der Waals surface area contributed by atoms with Gasteiger partial charge in [0, 0.05) is 54.6 Å². The van der Waals surface area contributed by atoms with Crippen molar-refractivity contribution in [3.8, 4) is 0 Å². The molecule has 0 bridgehead atoms. The summed E-state index contributed by atoms with van der Waals surface area (Å²) in [5.74, 6) is 3.44. The van der Waals surface area contributed by atoms with Crippen molar-refractivity contribution in [3.05, 3.63) is 34.5 Å². The zero-order chi connectivity index (χ0) is 21.4. The van der Waals surface area contributed by atoms with E-state index in [-0.39, 0.29) is 11.8 Å². The van der Waals surface area contributed by atoms with Crippen LogP contribution in [0.4, 0.5) is 11.8 Å². The van der Waals surface area contributed by atoms with Crippen molar-refractivity contribution < 1.29 is 4.79 Å².